The van der Waals surface area contributed by atoms with Crippen LogP contribution in [0.3, 0.4) is 0 Å². The van der Waals surface area contributed by atoms with E-state index in [4.69, 9.17) is 14.2 Å². The van der Waals surface area contributed by atoms with Crippen LogP contribution < -0.4 is 24.4 Å². The highest BCUT2D eigenvalue weighted by atomic mass is 16.5. The van der Waals surface area contributed by atoms with Gasteiger partial charge in [0.15, 0.2) is 11.5 Å². The zero-order valence-electron chi connectivity index (χ0n) is 18.2. The molecular formula is C26H30N2O3. The molecule has 1 aliphatic rings. The molecule has 0 saturated heterocycles. The monoisotopic (exact) mass is 418 g/mol. The lowest BCUT2D eigenvalue weighted by Gasteiger charge is -2.36. The van der Waals surface area contributed by atoms with Crippen molar-refractivity contribution in [2.24, 2.45) is 0 Å². The van der Waals surface area contributed by atoms with Crippen molar-refractivity contribution in [3.63, 3.8) is 0 Å². The summed E-state index contributed by atoms with van der Waals surface area (Å²) < 4.78 is 17.0. The molecule has 0 radical (unpaired) electrons. The van der Waals surface area contributed by atoms with Gasteiger partial charge in [-0.05, 0) is 48.4 Å². The average molecular weight is 419 g/mol. The Morgan fingerprint density at radius 3 is 2.48 bits per heavy atom. The lowest BCUT2D eigenvalue weighted by molar-refractivity contribution is 0.189. The van der Waals surface area contributed by atoms with Crippen molar-refractivity contribution in [1.29, 1.82) is 0 Å². The number of nitrogens with zero attached hydrogens (tertiary/aromatic N) is 1. The fraction of sp³-hybridized carbons (Fsp3) is 0.308. The molecule has 162 valence electrons. The highest BCUT2D eigenvalue weighted by Gasteiger charge is 2.25. The molecule has 0 aromatic heterocycles. The van der Waals surface area contributed by atoms with Crippen LogP contribution in [0.15, 0.2) is 72.8 Å². The predicted octanol–water partition coefficient (Wildman–Crippen LogP) is 4.30. The molecule has 1 aliphatic heterocycles. The van der Waals surface area contributed by atoms with Gasteiger partial charge in [-0.15, -0.1) is 0 Å². The first-order valence-corrected chi connectivity index (χ1v) is 10.7. The molecule has 0 amide bonds. The standard InChI is InChI=1S/C26H30N2O3/c1-29-25-13-12-20(16-26(25)30-2)14-15-27-17-22-19-28(18-21-8-4-3-5-9-21)23-10-6-7-11-24(23)31-22/h3-13,16,22,27H,14-15,17-19H2,1-2H3. The second kappa shape index (κ2) is 10.2. The summed E-state index contributed by atoms with van der Waals surface area (Å²) >= 11 is 0. The highest BCUT2D eigenvalue weighted by Crippen LogP contribution is 2.34. The van der Waals surface area contributed by atoms with Crippen LogP contribution >= 0.6 is 0 Å². The number of methoxy groups -OCH3 is 2. The third-order valence-corrected chi connectivity index (χ3v) is 5.55. The molecule has 4 rings (SSSR count). The van der Waals surface area contributed by atoms with Crippen LogP contribution in [0.5, 0.6) is 17.2 Å². The summed E-state index contributed by atoms with van der Waals surface area (Å²) in [5.74, 6) is 2.48. The van der Waals surface area contributed by atoms with Gasteiger partial charge >= 0.3 is 0 Å². The zero-order chi connectivity index (χ0) is 21.5. The molecule has 1 N–H and O–H groups in total. The maximum Gasteiger partial charge on any atom is 0.160 e. The normalized spacial score (nSPS) is 15.2. The molecule has 0 saturated carbocycles. The van der Waals surface area contributed by atoms with E-state index in [-0.39, 0.29) is 6.10 Å². The van der Waals surface area contributed by atoms with E-state index in [0.717, 1.165) is 55.5 Å². The molecule has 1 unspecified atom stereocenters. The van der Waals surface area contributed by atoms with Crippen LogP contribution in [-0.2, 0) is 13.0 Å². The Morgan fingerprint density at radius 1 is 0.903 bits per heavy atom. The first-order chi connectivity index (χ1) is 15.3. The summed E-state index contributed by atoms with van der Waals surface area (Å²) in [6, 6.07) is 25.0. The Kier molecular flexibility index (Phi) is 6.95. The van der Waals surface area contributed by atoms with Crippen LogP contribution in [0, 0.1) is 0 Å². The molecule has 3 aromatic carbocycles. The Labute approximate surface area is 184 Å². The van der Waals surface area contributed by atoms with Crippen molar-refractivity contribution < 1.29 is 14.2 Å². The Bertz CT molecular complexity index is 977. The van der Waals surface area contributed by atoms with Crippen LogP contribution in [0.1, 0.15) is 11.1 Å². The average Bonchev–Trinajstić information content (AvgIpc) is 2.82. The van der Waals surface area contributed by atoms with Crippen molar-refractivity contribution in [3.8, 4) is 17.2 Å². The minimum atomic E-state index is 0.101. The number of hydrogen-bond acceptors (Lipinski definition) is 5. The molecule has 0 bridgehead atoms. The van der Waals surface area contributed by atoms with Crippen molar-refractivity contribution in [1.82, 2.24) is 5.32 Å². The molecule has 0 aliphatic carbocycles. The van der Waals surface area contributed by atoms with Gasteiger partial charge in [-0.3, -0.25) is 0 Å². The van der Waals surface area contributed by atoms with Crippen LogP contribution in [0.2, 0.25) is 0 Å². The fourth-order valence-electron chi connectivity index (χ4n) is 3.97. The number of benzene rings is 3. The number of hydrogen-bond donors (Lipinski definition) is 1. The number of ether oxygens (including phenoxy) is 3. The smallest absolute Gasteiger partial charge is 0.160 e. The number of para-hydroxylation sites is 2. The van der Waals surface area contributed by atoms with Crippen molar-refractivity contribution in [2.75, 3.05) is 38.8 Å². The third-order valence-electron chi connectivity index (χ3n) is 5.55. The van der Waals surface area contributed by atoms with Gasteiger partial charge in [0.05, 0.1) is 26.5 Å². The number of nitrogens with one attached hydrogen (secondary N) is 1. The van der Waals surface area contributed by atoms with E-state index in [1.54, 1.807) is 14.2 Å². The number of rotatable bonds is 9. The van der Waals surface area contributed by atoms with Gasteiger partial charge in [0.25, 0.3) is 0 Å². The lowest BCUT2D eigenvalue weighted by atomic mass is 10.1. The fourth-order valence-corrected chi connectivity index (χ4v) is 3.97. The summed E-state index contributed by atoms with van der Waals surface area (Å²) in [6.45, 7) is 3.40. The van der Waals surface area contributed by atoms with Gasteiger partial charge in [-0.25, -0.2) is 0 Å². The van der Waals surface area contributed by atoms with E-state index in [0.29, 0.717) is 0 Å². The second-order valence-corrected chi connectivity index (χ2v) is 7.72. The maximum absolute atomic E-state index is 6.28. The zero-order valence-corrected chi connectivity index (χ0v) is 18.2. The van der Waals surface area contributed by atoms with Gasteiger partial charge in [0.1, 0.15) is 11.9 Å². The number of fused-ring (bicyclic) bond motifs is 1. The summed E-state index contributed by atoms with van der Waals surface area (Å²) in [4.78, 5) is 2.41. The van der Waals surface area contributed by atoms with E-state index in [2.05, 4.69) is 64.8 Å². The third kappa shape index (κ3) is 5.30. The summed E-state index contributed by atoms with van der Waals surface area (Å²) in [5, 5.41) is 3.56. The Balaban J connectivity index is 1.34. The van der Waals surface area contributed by atoms with E-state index < -0.39 is 0 Å². The van der Waals surface area contributed by atoms with Gasteiger partial charge in [0, 0.05) is 13.1 Å². The summed E-state index contributed by atoms with van der Waals surface area (Å²) in [6.07, 6.45) is 1.02. The predicted molar refractivity (Wildman–Crippen MR) is 124 cm³/mol. The minimum absolute atomic E-state index is 0.101. The maximum atomic E-state index is 6.28. The molecule has 5 heteroatoms. The van der Waals surface area contributed by atoms with Crippen molar-refractivity contribution in [2.45, 2.75) is 19.1 Å². The summed E-state index contributed by atoms with van der Waals surface area (Å²) in [7, 11) is 3.32. The van der Waals surface area contributed by atoms with Crippen molar-refractivity contribution >= 4 is 5.69 Å². The van der Waals surface area contributed by atoms with Gasteiger partial charge < -0.3 is 24.4 Å². The van der Waals surface area contributed by atoms with Crippen molar-refractivity contribution in [3.05, 3.63) is 83.9 Å². The van der Waals surface area contributed by atoms with Gasteiger partial charge in [-0.1, -0.05) is 48.5 Å². The van der Waals surface area contributed by atoms with Gasteiger partial charge in [-0.2, -0.15) is 0 Å². The topological polar surface area (TPSA) is 43.0 Å². The molecular weight excluding hydrogens is 388 g/mol. The SMILES string of the molecule is COc1ccc(CCNCC2CN(Cc3ccccc3)c3ccccc3O2)cc1OC. The molecule has 31 heavy (non-hydrogen) atoms. The van der Waals surface area contributed by atoms with Gasteiger partial charge in [0.2, 0.25) is 0 Å². The minimum Gasteiger partial charge on any atom is -0.493 e. The van der Waals surface area contributed by atoms with Crippen LogP contribution in [-0.4, -0.2) is 40.0 Å². The first-order valence-electron chi connectivity index (χ1n) is 10.7. The quantitative estimate of drug-likeness (QED) is 0.525. The number of anilines is 1. The van der Waals surface area contributed by atoms with Crippen LogP contribution in [0.25, 0.3) is 0 Å². The lowest BCUT2D eigenvalue weighted by Crippen LogP contribution is -2.45. The molecule has 0 spiro atoms. The molecule has 1 heterocycles. The van der Waals surface area contributed by atoms with Crippen LogP contribution in [0.4, 0.5) is 5.69 Å². The van der Waals surface area contributed by atoms with E-state index in [9.17, 15) is 0 Å². The largest absolute Gasteiger partial charge is 0.493 e. The molecule has 1 atom stereocenters. The highest BCUT2D eigenvalue weighted by molar-refractivity contribution is 5.60. The Hall–Kier alpha value is -3.18. The summed E-state index contributed by atoms with van der Waals surface area (Å²) in [5.41, 5.74) is 3.68. The van der Waals surface area contributed by atoms with E-state index in [1.165, 1.54) is 11.1 Å². The van der Waals surface area contributed by atoms with E-state index in [1.807, 2.05) is 18.2 Å². The molecule has 0 fully saturated rings. The second-order valence-electron chi connectivity index (χ2n) is 7.72. The first kappa shape index (κ1) is 21.1. The Morgan fingerprint density at radius 2 is 1.68 bits per heavy atom. The molecule has 5 nitrogen and oxygen atoms in total. The molecule has 3 aromatic rings. The van der Waals surface area contributed by atoms with E-state index >= 15 is 0 Å².